The zero-order valence-corrected chi connectivity index (χ0v) is 8.61. The van der Waals surface area contributed by atoms with E-state index in [1.54, 1.807) is 0 Å². The predicted molar refractivity (Wildman–Crippen MR) is 61.1 cm³/mol. The molecule has 0 radical (unpaired) electrons. The van der Waals surface area contributed by atoms with E-state index in [1.165, 1.54) is 11.1 Å². The van der Waals surface area contributed by atoms with Gasteiger partial charge in [-0.3, -0.25) is 0 Å². The molecule has 0 amide bonds. The van der Waals surface area contributed by atoms with Crippen LogP contribution < -0.4 is 5.73 Å². The average molecular weight is 187 g/mol. The maximum absolute atomic E-state index is 5.65. The molecule has 1 aromatic carbocycles. The molecule has 2 rings (SSSR count). The number of hydrogen-bond acceptors (Lipinski definition) is 1. The quantitative estimate of drug-likeness (QED) is 0.757. The van der Waals surface area contributed by atoms with Crippen molar-refractivity contribution < 1.29 is 0 Å². The van der Waals surface area contributed by atoms with E-state index >= 15 is 0 Å². The Hall–Kier alpha value is -1.08. The molecule has 2 N–H and O–H groups in total. The van der Waals surface area contributed by atoms with E-state index in [1.807, 2.05) is 0 Å². The summed E-state index contributed by atoms with van der Waals surface area (Å²) in [5.74, 6) is 1.23. The molecule has 14 heavy (non-hydrogen) atoms. The lowest BCUT2D eigenvalue weighted by Crippen LogP contribution is -2.16. The van der Waals surface area contributed by atoms with Gasteiger partial charge in [0.05, 0.1) is 0 Å². The summed E-state index contributed by atoms with van der Waals surface area (Å²) < 4.78 is 0. The van der Waals surface area contributed by atoms with Crippen molar-refractivity contribution in [3.8, 4) is 0 Å². The van der Waals surface area contributed by atoms with Gasteiger partial charge in [-0.1, -0.05) is 43.3 Å². The minimum absolute atomic E-state index is 0.612. The van der Waals surface area contributed by atoms with Crippen LogP contribution >= 0.6 is 0 Å². The minimum Gasteiger partial charge on any atom is -0.330 e. The Kier molecular flexibility index (Phi) is 2.69. The Balaban J connectivity index is 2.37. The van der Waals surface area contributed by atoms with Crippen molar-refractivity contribution >= 4 is 6.08 Å². The number of nitrogens with two attached hydrogens (primary N) is 1. The normalized spacial score (nSPS) is 24.7. The molecule has 0 bridgehead atoms. The first-order chi connectivity index (χ1) is 6.83. The van der Waals surface area contributed by atoms with Gasteiger partial charge in [-0.2, -0.15) is 0 Å². The van der Waals surface area contributed by atoms with Gasteiger partial charge in [0.25, 0.3) is 0 Å². The van der Waals surface area contributed by atoms with Crippen molar-refractivity contribution in [2.45, 2.75) is 19.3 Å². The second kappa shape index (κ2) is 3.97. The van der Waals surface area contributed by atoms with E-state index in [4.69, 9.17) is 5.73 Å². The van der Waals surface area contributed by atoms with Crippen LogP contribution in [-0.4, -0.2) is 6.54 Å². The van der Waals surface area contributed by atoms with E-state index in [0.29, 0.717) is 11.8 Å². The molecule has 1 aromatic rings. The summed E-state index contributed by atoms with van der Waals surface area (Å²) in [6, 6.07) is 8.63. The largest absolute Gasteiger partial charge is 0.330 e. The summed E-state index contributed by atoms with van der Waals surface area (Å²) >= 11 is 0. The van der Waals surface area contributed by atoms with Gasteiger partial charge in [-0.25, -0.2) is 0 Å². The minimum atomic E-state index is 0.612. The Morgan fingerprint density at radius 1 is 1.29 bits per heavy atom. The van der Waals surface area contributed by atoms with Crippen molar-refractivity contribution in [1.29, 1.82) is 0 Å². The summed E-state index contributed by atoms with van der Waals surface area (Å²) in [6.45, 7) is 3.05. The highest BCUT2D eigenvalue weighted by Gasteiger charge is 2.21. The first-order valence-corrected chi connectivity index (χ1v) is 5.30. The van der Waals surface area contributed by atoms with Crippen LogP contribution in [0.1, 0.15) is 30.4 Å². The maximum Gasteiger partial charge on any atom is -0.00712 e. The molecule has 0 heterocycles. The molecular weight excluding hydrogens is 170 g/mol. The van der Waals surface area contributed by atoms with Gasteiger partial charge in [0.15, 0.2) is 0 Å². The summed E-state index contributed by atoms with van der Waals surface area (Å²) in [4.78, 5) is 0. The molecular formula is C13H17N. The van der Waals surface area contributed by atoms with Gasteiger partial charge in [0.1, 0.15) is 0 Å². The molecule has 0 unspecified atom stereocenters. The van der Waals surface area contributed by atoms with Gasteiger partial charge in [0.2, 0.25) is 0 Å². The lowest BCUT2D eigenvalue weighted by molar-refractivity contribution is 0.511. The van der Waals surface area contributed by atoms with Crippen molar-refractivity contribution in [3.63, 3.8) is 0 Å². The van der Waals surface area contributed by atoms with E-state index in [9.17, 15) is 0 Å². The molecule has 1 aliphatic carbocycles. The number of rotatable bonds is 2. The monoisotopic (exact) mass is 187 g/mol. The van der Waals surface area contributed by atoms with Crippen LogP contribution in [-0.2, 0) is 0 Å². The van der Waals surface area contributed by atoms with Gasteiger partial charge in [-0.05, 0) is 35.9 Å². The number of allylic oxidation sites excluding steroid dienone is 1. The number of hydrogen-bond donors (Lipinski definition) is 1. The summed E-state index contributed by atoms with van der Waals surface area (Å²) in [5.41, 5.74) is 8.49. The van der Waals surface area contributed by atoms with E-state index in [2.05, 4.69) is 43.3 Å². The standard InChI is InChI=1S/C13H17N/c1-10-6-7-11-4-2-3-5-13(11)12(10)8-9-14/h2-7,10,12H,8-9,14H2,1H3/t10-,12+/m1/s1. The van der Waals surface area contributed by atoms with Gasteiger partial charge in [0, 0.05) is 0 Å². The van der Waals surface area contributed by atoms with Crippen LogP contribution in [0, 0.1) is 5.92 Å². The van der Waals surface area contributed by atoms with Crippen molar-refractivity contribution in [3.05, 3.63) is 41.5 Å². The van der Waals surface area contributed by atoms with E-state index in [0.717, 1.165) is 13.0 Å². The topological polar surface area (TPSA) is 26.0 Å². The molecule has 0 aromatic heterocycles. The second-order valence-electron chi connectivity index (χ2n) is 4.03. The molecule has 2 atom stereocenters. The SMILES string of the molecule is C[C@@H]1C=Cc2ccccc2[C@H]1CCN. The highest BCUT2D eigenvalue weighted by molar-refractivity contribution is 5.58. The van der Waals surface area contributed by atoms with E-state index < -0.39 is 0 Å². The predicted octanol–water partition coefficient (Wildman–Crippen LogP) is 2.78. The fourth-order valence-electron chi connectivity index (χ4n) is 2.27. The molecule has 0 aliphatic heterocycles. The van der Waals surface area contributed by atoms with Gasteiger partial charge >= 0.3 is 0 Å². The average Bonchev–Trinajstić information content (AvgIpc) is 2.23. The fraction of sp³-hybridized carbons (Fsp3) is 0.385. The Bertz CT molecular complexity index is 341. The van der Waals surface area contributed by atoms with Crippen LogP contribution in [0.2, 0.25) is 0 Å². The fourth-order valence-corrected chi connectivity index (χ4v) is 2.27. The molecule has 1 aliphatic rings. The summed E-state index contributed by atoms with van der Waals surface area (Å²) in [6.07, 6.45) is 5.61. The molecule has 74 valence electrons. The molecule has 1 nitrogen and oxygen atoms in total. The first kappa shape index (κ1) is 9.47. The molecule has 0 saturated heterocycles. The summed E-state index contributed by atoms with van der Waals surface area (Å²) in [5, 5.41) is 0. The Morgan fingerprint density at radius 2 is 2.07 bits per heavy atom. The molecule has 0 fully saturated rings. The molecule has 1 heteroatoms. The third-order valence-corrected chi connectivity index (χ3v) is 3.09. The van der Waals surface area contributed by atoms with Crippen LogP contribution in [0.25, 0.3) is 6.08 Å². The highest BCUT2D eigenvalue weighted by Crippen LogP contribution is 2.35. The smallest absolute Gasteiger partial charge is 0.00712 e. The van der Waals surface area contributed by atoms with Crippen LogP contribution in [0.15, 0.2) is 30.3 Å². The second-order valence-corrected chi connectivity index (χ2v) is 4.03. The summed E-state index contributed by atoms with van der Waals surface area (Å²) in [7, 11) is 0. The lowest BCUT2D eigenvalue weighted by Gasteiger charge is -2.26. The van der Waals surface area contributed by atoms with Crippen LogP contribution in [0.3, 0.4) is 0 Å². The zero-order chi connectivity index (χ0) is 9.97. The van der Waals surface area contributed by atoms with E-state index in [-0.39, 0.29) is 0 Å². The zero-order valence-electron chi connectivity index (χ0n) is 8.61. The van der Waals surface area contributed by atoms with Crippen LogP contribution in [0.4, 0.5) is 0 Å². The van der Waals surface area contributed by atoms with Gasteiger partial charge in [-0.15, -0.1) is 0 Å². The third-order valence-electron chi connectivity index (χ3n) is 3.09. The third kappa shape index (κ3) is 1.60. The Morgan fingerprint density at radius 3 is 2.86 bits per heavy atom. The van der Waals surface area contributed by atoms with Gasteiger partial charge < -0.3 is 5.73 Å². The number of fused-ring (bicyclic) bond motifs is 1. The van der Waals surface area contributed by atoms with Crippen LogP contribution in [0.5, 0.6) is 0 Å². The highest BCUT2D eigenvalue weighted by atomic mass is 14.5. The van der Waals surface area contributed by atoms with Crippen molar-refractivity contribution in [2.24, 2.45) is 11.7 Å². The molecule has 0 spiro atoms. The van der Waals surface area contributed by atoms with Crippen molar-refractivity contribution in [1.82, 2.24) is 0 Å². The Labute approximate surface area is 85.6 Å². The first-order valence-electron chi connectivity index (χ1n) is 5.30. The maximum atomic E-state index is 5.65. The van der Waals surface area contributed by atoms with Crippen molar-refractivity contribution in [2.75, 3.05) is 6.54 Å². The molecule has 0 saturated carbocycles. The number of benzene rings is 1. The lowest BCUT2D eigenvalue weighted by atomic mass is 9.78.